The number of hydrogen-bond donors (Lipinski definition) is 0. The molecule has 0 atom stereocenters. The molecule has 4 heteroatoms. The molecule has 0 saturated carbocycles. The molecule has 0 N–H and O–H groups in total. The van der Waals surface area contributed by atoms with Gasteiger partial charge in [-0.3, -0.25) is 0 Å². The van der Waals surface area contributed by atoms with Gasteiger partial charge < -0.3 is 4.90 Å². The van der Waals surface area contributed by atoms with Crippen LogP contribution < -0.4 is 0 Å². The lowest BCUT2D eigenvalue weighted by atomic mass is 10.3. The molecule has 20 heavy (non-hydrogen) atoms. The molecule has 0 aliphatic carbocycles. The average Bonchev–Trinajstić information content (AvgIpc) is 2.47. The Kier molecular flexibility index (Phi) is 5.65. The van der Waals surface area contributed by atoms with E-state index >= 15 is 0 Å². The highest BCUT2D eigenvalue weighted by atomic mass is 32.2. The van der Waals surface area contributed by atoms with Gasteiger partial charge in [-0.15, -0.1) is 11.8 Å². The maximum atomic E-state index is 4.74. The van der Waals surface area contributed by atoms with E-state index in [2.05, 4.69) is 48.9 Å². The van der Waals surface area contributed by atoms with E-state index in [1.807, 2.05) is 17.8 Å². The highest BCUT2D eigenvalue weighted by Crippen LogP contribution is 2.33. The van der Waals surface area contributed by atoms with Crippen molar-refractivity contribution < 1.29 is 0 Å². The third-order valence-electron chi connectivity index (χ3n) is 3.21. The van der Waals surface area contributed by atoms with E-state index in [9.17, 15) is 0 Å². The van der Waals surface area contributed by atoms with E-state index in [1.54, 1.807) is 0 Å². The lowest BCUT2D eigenvalue weighted by molar-refractivity contribution is 0.415. The molecule has 1 aromatic carbocycles. The van der Waals surface area contributed by atoms with Crippen molar-refractivity contribution >= 4 is 29.1 Å². The predicted octanol–water partition coefficient (Wildman–Crippen LogP) is 4.36. The van der Waals surface area contributed by atoms with Gasteiger partial charge in [0, 0.05) is 18.0 Å². The first-order chi connectivity index (χ1) is 9.74. The number of aliphatic imine (C=N–C) groups is 2. The van der Waals surface area contributed by atoms with Crippen molar-refractivity contribution in [3.05, 3.63) is 24.3 Å². The Morgan fingerprint density at radius 2 is 1.95 bits per heavy atom. The molecular weight excluding hydrogens is 266 g/mol. The average molecular weight is 289 g/mol. The lowest BCUT2D eigenvalue weighted by Crippen LogP contribution is -2.31. The van der Waals surface area contributed by atoms with Crippen LogP contribution in [0.5, 0.6) is 0 Å². The molecule has 1 aliphatic heterocycles. The van der Waals surface area contributed by atoms with Crippen LogP contribution in [0.1, 0.15) is 33.6 Å². The molecule has 1 aliphatic rings. The Bertz CT molecular complexity index is 502. The standard InChI is InChI=1S/C16H23N3S/c1-4-10-19(11-5-2)13(3)17-16-12-20-15-9-7-6-8-14(15)18-16/h6-9H,4-5,10-12H2,1-3H3. The topological polar surface area (TPSA) is 28.0 Å². The van der Waals surface area contributed by atoms with Gasteiger partial charge in [-0.1, -0.05) is 26.0 Å². The predicted molar refractivity (Wildman–Crippen MR) is 89.5 cm³/mol. The van der Waals surface area contributed by atoms with Gasteiger partial charge in [0.2, 0.25) is 0 Å². The molecule has 0 bridgehead atoms. The number of para-hydroxylation sites is 1. The van der Waals surface area contributed by atoms with Gasteiger partial charge in [-0.25, -0.2) is 9.98 Å². The number of thioether (sulfide) groups is 1. The maximum absolute atomic E-state index is 4.74. The number of amidine groups is 2. The van der Waals surface area contributed by atoms with Crippen LogP contribution in [0.3, 0.4) is 0 Å². The summed E-state index contributed by atoms with van der Waals surface area (Å²) in [6.07, 6.45) is 2.30. The molecule has 3 nitrogen and oxygen atoms in total. The molecular formula is C16H23N3S. The van der Waals surface area contributed by atoms with E-state index in [0.717, 1.165) is 49.0 Å². The van der Waals surface area contributed by atoms with Gasteiger partial charge in [0.25, 0.3) is 0 Å². The molecule has 0 saturated heterocycles. The molecule has 0 spiro atoms. The summed E-state index contributed by atoms with van der Waals surface area (Å²) in [5.41, 5.74) is 1.05. The Labute approximate surface area is 126 Å². The van der Waals surface area contributed by atoms with Crippen molar-refractivity contribution in [1.29, 1.82) is 0 Å². The molecule has 1 aromatic rings. The molecule has 108 valence electrons. The highest BCUT2D eigenvalue weighted by molar-refractivity contribution is 8.00. The van der Waals surface area contributed by atoms with E-state index in [-0.39, 0.29) is 0 Å². The van der Waals surface area contributed by atoms with Crippen LogP contribution in [-0.4, -0.2) is 35.4 Å². The minimum atomic E-state index is 0.862. The van der Waals surface area contributed by atoms with Gasteiger partial charge in [-0.2, -0.15) is 0 Å². The maximum Gasteiger partial charge on any atom is 0.141 e. The van der Waals surface area contributed by atoms with Crippen LogP contribution in [0.2, 0.25) is 0 Å². The first-order valence-electron chi connectivity index (χ1n) is 7.34. The zero-order valence-electron chi connectivity index (χ0n) is 12.6. The quantitative estimate of drug-likeness (QED) is 0.608. The fourth-order valence-electron chi connectivity index (χ4n) is 2.28. The fraction of sp³-hybridized carbons (Fsp3) is 0.500. The number of fused-ring (bicyclic) bond motifs is 1. The summed E-state index contributed by atoms with van der Waals surface area (Å²) in [5, 5.41) is 0. The van der Waals surface area contributed by atoms with Crippen molar-refractivity contribution in [2.45, 2.75) is 38.5 Å². The Morgan fingerprint density at radius 1 is 1.25 bits per heavy atom. The number of nitrogens with zero attached hydrogens (tertiary/aromatic N) is 3. The third kappa shape index (κ3) is 3.85. The zero-order valence-corrected chi connectivity index (χ0v) is 13.4. The summed E-state index contributed by atoms with van der Waals surface area (Å²) < 4.78 is 0. The second-order valence-electron chi connectivity index (χ2n) is 4.93. The normalized spacial score (nSPS) is 14.8. The van der Waals surface area contributed by atoms with Gasteiger partial charge in [0.05, 0.1) is 11.4 Å². The summed E-state index contributed by atoms with van der Waals surface area (Å²) in [6, 6.07) is 8.27. The van der Waals surface area contributed by atoms with Gasteiger partial charge in [-0.05, 0) is 31.9 Å². The van der Waals surface area contributed by atoms with Crippen molar-refractivity contribution in [3.8, 4) is 0 Å². The lowest BCUT2D eigenvalue weighted by Gasteiger charge is -2.23. The molecule has 2 rings (SSSR count). The first-order valence-corrected chi connectivity index (χ1v) is 8.32. The van der Waals surface area contributed by atoms with E-state index < -0.39 is 0 Å². The molecule has 1 heterocycles. The van der Waals surface area contributed by atoms with Crippen molar-refractivity contribution in [2.24, 2.45) is 9.98 Å². The van der Waals surface area contributed by atoms with Crippen molar-refractivity contribution in [3.63, 3.8) is 0 Å². The smallest absolute Gasteiger partial charge is 0.141 e. The number of rotatable bonds is 4. The van der Waals surface area contributed by atoms with Gasteiger partial charge in [0.1, 0.15) is 11.7 Å². The van der Waals surface area contributed by atoms with Crippen LogP contribution in [-0.2, 0) is 0 Å². The van der Waals surface area contributed by atoms with E-state index in [4.69, 9.17) is 4.99 Å². The Morgan fingerprint density at radius 3 is 2.65 bits per heavy atom. The van der Waals surface area contributed by atoms with E-state index in [0.29, 0.717) is 0 Å². The molecule has 0 aromatic heterocycles. The van der Waals surface area contributed by atoms with Crippen molar-refractivity contribution in [1.82, 2.24) is 4.90 Å². The number of benzene rings is 1. The third-order valence-corrected chi connectivity index (χ3v) is 4.27. The summed E-state index contributed by atoms with van der Waals surface area (Å²) >= 11 is 1.82. The highest BCUT2D eigenvalue weighted by Gasteiger charge is 2.12. The molecule has 0 amide bonds. The van der Waals surface area contributed by atoms with Crippen LogP contribution >= 0.6 is 11.8 Å². The summed E-state index contributed by atoms with van der Waals surface area (Å²) in [4.78, 5) is 13.0. The van der Waals surface area contributed by atoms with Gasteiger partial charge >= 0.3 is 0 Å². The fourth-order valence-corrected chi connectivity index (χ4v) is 3.13. The summed E-state index contributed by atoms with van der Waals surface area (Å²) in [7, 11) is 0. The summed E-state index contributed by atoms with van der Waals surface area (Å²) in [5.74, 6) is 2.89. The minimum Gasteiger partial charge on any atom is -0.360 e. The van der Waals surface area contributed by atoms with Crippen LogP contribution in [0.4, 0.5) is 5.69 Å². The summed E-state index contributed by atoms with van der Waals surface area (Å²) in [6.45, 7) is 8.65. The molecule has 0 unspecified atom stereocenters. The monoisotopic (exact) mass is 289 g/mol. The SMILES string of the molecule is CCCN(CCC)C(C)=NC1=Nc2ccccc2SC1. The minimum absolute atomic E-state index is 0.862. The van der Waals surface area contributed by atoms with Crippen molar-refractivity contribution in [2.75, 3.05) is 18.8 Å². The largest absolute Gasteiger partial charge is 0.360 e. The molecule has 0 radical (unpaired) electrons. The van der Waals surface area contributed by atoms with Crippen LogP contribution in [0.25, 0.3) is 0 Å². The van der Waals surface area contributed by atoms with Crippen LogP contribution in [0, 0.1) is 0 Å². The van der Waals surface area contributed by atoms with Crippen LogP contribution in [0.15, 0.2) is 39.1 Å². The second-order valence-corrected chi connectivity index (χ2v) is 5.95. The van der Waals surface area contributed by atoms with E-state index in [1.165, 1.54) is 4.90 Å². The zero-order chi connectivity index (χ0) is 14.4. The number of hydrogen-bond acceptors (Lipinski definition) is 3. The Hall–Kier alpha value is -1.29. The van der Waals surface area contributed by atoms with Gasteiger partial charge in [0.15, 0.2) is 0 Å². The second kappa shape index (κ2) is 7.48. The Balaban J connectivity index is 2.16. The molecule has 0 fully saturated rings. The first kappa shape index (κ1) is 15.1.